The lowest BCUT2D eigenvalue weighted by atomic mass is 9.88. The number of aryl methyl sites for hydroxylation is 2. The number of Topliss-reactive ketones (excluding diaryl/α,β-unsaturated/α-hetero) is 1. The van der Waals surface area contributed by atoms with E-state index in [-0.39, 0.29) is 11.3 Å². The van der Waals surface area contributed by atoms with E-state index in [0.29, 0.717) is 29.2 Å². The summed E-state index contributed by atoms with van der Waals surface area (Å²) in [5.41, 5.74) is 5.50. The van der Waals surface area contributed by atoms with Crippen molar-refractivity contribution in [2.75, 3.05) is 4.90 Å². The first kappa shape index (κ1) is 24.7. The van der Waals surface area contributed by atoms with Crippen LogP contribution in [0.1, 0.15) is 46.7 Å². The van der Waals surface area contributed by atoms with Crippen molar-refractivity contribution in [3.63, 3.8) is 0 Å². The van der Waals surface area contributed by atoms with Crippen LogP contribution in [0, 0.1) is 0 Å². The minimum atomic E-state index is -0.772. The molecule has 194 valence electrons. The molecule has 5 heteroatoms. The summed E-state index contributed by atoms with van der Waals surface area (Å²) in [4.78, 5) is 28.3. The van der Waals surface area contributed by atoms with Crippen molar-refractivity contribution in [2.24, 2.45) is 0 Å². The van der Waals surface area contributed by atoms with Gasteiger partial charge in [0, 0.05) is 11.3 Å². The second-order valence-electron chi connectivity index (χ2n) is 10.0. The van der Waals surface area contributed by atoms with Gasteiger partial charge in [-0.2, -0.15) is 0 Å². The number of para-hydroxylation sites is 1. The Bertz CT molecular complexity index is 1540. The van der Waals surface area contributed by atoms with Gasteiger partial charge in [0.25, 0.3) is 11.7 Å². The molecule has 0 saturated carbocycles. The molecule has 6 rings (SSSR count). The third-order valence-corrected chi connectivity index (χ3v) is 7.54. The van der Waals surface area contributed by atoms with E-state index in [1.807, 2.05) is 91.0 Å². The van der Waals surface area contributed by atoms with Gasteiger partial charge >= 0.3 is 0 Å². The molecule has 4 aromatic rings. The zero-order valence-corrected chi connectivity index (χ0v) is 21.5. The molecule has 0 aromatic heterocycles. The summed E-state index contributed by atoms with van der Waals surface area (Å²) >= 11 is 0. The zero-order chi connectivity index (χ0) is 26.8. The van der Waals surface area contributed by atoms with Crippen molar-refractivity contribution >= 4 is 23.1 Å². The number of hydrogen-bond acceptors (Lipinski definition) is 4. The zero-order valence-electron chi connectivity index (χ0n) is 21.5. The van der Waals surface area contributed by atoms with Crippen LogP contribution in [0.4, 0.5) is 5.69 Å². The van der Waals surface area contributed by atoms with Crippen LogP contribution in [0.3, 0.4) is 0 Å². The SMILES string of the molecule is O=C1C(=O)N(c2ccccc2)C(c2ccc(OCc3ccccc3)cc2)/C1=C(/O)c1ccc2c(c1)CCCC2. The molecule has 1 N–H and O–H groups in total. The Morgan fingerprint density at radius 3 is 2.18 bits per heavy atom. The second-order valence-corrected chi connectivity index (χ2v) is 10.0. The van der Waals surface area contributed by atoms with E-state index in [1.54, 1.807) is 12.1 Å². The number of fused-ring (bicyclic) bond motifs is 1. The number of ketones is 1. The van der Waals surface area contributed by atoms with Gasteiger partial charge in [0.1, 0.15) is 18.1 Å². The summed E-state index contributed by atoms with van der Waals surface area (Å²) in [6.45, 7) is 0.432. The number of aliphatic hydroxyl groups is 1. The highest BCUT2D eigenvalue weighted by molar-refractivity contribution is 6.51. The number of carbonyl (C=O) groups excluding carboxylic acids is 2. The van der Waals surface area contributed by atoms with Gasteiger partial charge in [0.15, 0.2) is 0 Å². The molecular weight excluding hydrogens is 486 g/mol. The molecule has 1 heterocycles. The maximum atomic E-state index is 13.5. The van der Waals surface area contributed by atoms with Crippen LogP contribution in [0.2, 0.25) is 0 Å². The minimum absolute atomic E-state index is 0.0950. The van der Waals surface area contributed by atoms with E-state index in [2.05, 4.69) is 0 Å². The van der Waals surface area contributed by atoms with E-state index in [4.69, 9.17) is 4.74 Å². The number of hydrogen-bond donors (Lipinski definition) is 1. The normalized spacial score (nSPS) is 18.2. The summed E-state index contributed by atoms with van der Waals surface area (Å²) < 4.78 is 5.95. The van der Waals surface area contributed by atoms with Crippen molar-refractivity contribution in [3.05, 3.63) is 137 Å². The summed E-state index contributed by atoms with van der Waals surface area (Å²) in [6.07, 6.45) is 4.23. The number of aliphatic hydroxyl groups excluding tert-OH is 1. The van der Waals surface area contributed by atoms with Crippen LogP contribution in [-0.4, -0.2) is 16.8 Å². The average Bonchev–Trinajstić information content (AvgIpc) is 3.26. The van der Waals surface area contributed by atoms with Crippen molar-refractivity contribution in [2.45, 2.75) is 38.3 Å². The fraction of sp³-hybridized carbons (Fsp3) is 0.176. The third-order valence-electron chi connectivity index (χ3n) is 7.54. The molecule has 1 fully saturated rings. The van der Waals surface area contributed by atoms with Gasteiger partial charge in [-0.3, -0.25) is 14.5 Å². The van der Waals surface area contributed by atoms with Crippen molar-refractivity contribution in [3.8, 4) is 5.75 Å². The fourth-order valence-electron chi connectivity index (χ4n) is 5.53. The highest BCUT2D eigenvalue weighted by atomic mass is 16.5. The highest BCUT2D eigenvalue weighted by Gasteiger charge is 2.47. The molecule has 2 aliphatic rings. The molecule has 1 amide bonds. The van der Waals surface area contributed by atoms with Gasteiger partial charge in [-0.05, 0) is 78.3 Å². The van der Waals surface area contributed by atoms with Crippen LogP contribution in [0.15, 0.2) is 109 Å². The largest absolute Gasteiger partial charge is 0.507 e. The number of rotatable bonds is 6. The predicted octanol–water partition coefficient (Wildman–Crippen LogP) is 6.77. The molecule has 0 bridgehead atoms. The lowest BCUT2D eigenvalue weighted by Crippen LogP contribution is -2.29. The van der Waals surface area contributed by atoms with Crippen LogP contribution in [0.5, 0.6) is 5.75 Å². The topological polar surface area (TPSA) is 66.8 Å². The lowest BCUT2D eigenvalue weighted by Gasteiger charge is -2.25. The van der Waals surface area contributed by atoms with Gasteiger partial charge in [0.05, 0.1) is 11.6 Å². The second kappa shape index (κ2) is 10.6. The van der Waals surface area contributed by atoms with Crippen LogP contribution >= 0.6 is 0 Å². The molecule has 0 radical (unpaired) electrons. The summed E-state index contributed by atoms with van der Waals surface area (Å²) in [5, 5.41) is 11.5. The Morgan fingerprint density at radius 1 is 0.795 bits per heavy atom. The van der Waals surface area contributed by atoms with Gasteiger partial charge < -0.3 is 9.84 Å². The van der Waals surface area contributed by atoms with Crippen molar-refractivity contribution in [1.82, 2.24) is 0 Å². The Morgan fingerprint density at radius 2 is 1.46 bits per heavy atom. The van der Waals surface area contributed by atoms with Crippen LogP contribution in [-0.2, 0) is 29.0 Å². The first-order valence-electron chi connectivity index (χ1n) is 13.3. The average molecular weight is 516 g/mol. The lowest BCUT2D eigenvalue weighted by molar-refractivity contribution is -0.132. The first-order valence-corrected chi connectivity index (χ1v) is 13.3. The number of amides is 1. The highest BCUT2D eigenvalue weighted by Crippen LogP contribution is 2.42. The molecule has 0 spiro atoms. The van der Waals surface area contributed by atoms with Gasteiger partial charge in [-0.1, -0.05) is 72.8 Å². The Balaban J connectivity index is 1.39. The molecule has 4 aromatic carbocycles. The first-order chi connectivity index (χ1) is 19.1. The third kappa shape index (κ3) is 4.84. The quantitative estimate of drug-likeness (QED) is 0.175. The van der Waals surface area contributed by atoms with Gasteiger partial charge in [-0.15, -0.1) is 0 Å². The molecule has 1 saturated heterocycles. The van der Waals surface area contributed by atoms with Crippen molar-refractivity contribution < 1.29 is 19.4 Å². The van der Waals surface area contributed by atoms with E-state index in [1.165, 1.54) is 16.0 Å². The minimum Gasteiger partial charge on any atom is -0.507 e. The standard InChI is InChI=1S/C34H29NO4/c36-32(27-16-15-24-11-7-8-12-26(24)21-27)30-31(35(34(38)33(30)37)28-13-5-2-6-14-28)25-17-19-29(20-18-25)39-22-23-9-3-1-4-10-23/h1-6,9-10,13-21,31,36H,7-8,11-12,22H2/b32-30-. The molecule has 39 heavy (non-hydrogen) atoms. The van der Waals surface area contributed by atoms with Crippen LogP contribution < -0.4 is 9.64 Å². The summed E-state index contributed by atoms with van der Waals surface area (Å²) in [5.74, 6) is -0.817. The summed E-state index contributed by atoms with van der Waals surface area (Å²) in [6, 6.07) is 31.5. The Hall–Kier alpha value is -4.64. The number of ether oxygens (including phenoxy) is 1. The van der Waals surface area contributed by atoms with E-state index in [9.17, 15) is 14.7 Å². The molecule has 1 atom stereocenters. The fourth-order valence-corrected chi connectivity index (χ4v) is 5.53. The molecule has 1 aliphatic carbocycles. The van der Waals surface area contributed by atoms with E-state index < -0.39 is 17.7 Å². The molecule has 1 aliphatic heterocycles. The maximum Gasteiger partial charge on any atom is 0.300 e. The maximum absolute atomic E-state index is 13.5. The molecule has 5 nitrogen and oxygen atoms in total. The van der Waals surface area contributed by atoms with E-state index in [0.717, 1.165) is 31.2 Å². The number of nitrogens with zero attached hydrogens (tertiary/aromatic N) is 1. The number of anilines is 1. The number of benzene rings is 4. The van der Waals surface area contributed by atoms with E-state index >= 15 is 0 Å². The smallest absolute Gasteiger partial charge is 0.300 e. The molecule has 1 unspecified atom stereocenters. The van der Waals surface area contributed by atoms with Gasteiger partial charge in [-0.25, -0.2) is 0 Å². The summed E-state index contributed by atoms with van der Waals surface area (Å²) in [7, 11) is 0. The Kier molecular flexibility index (Phi) is 6.72. The van der Waals surface area contributed by atoms with Crippen molar-refractivity contribution in [1.29, 1.82) is 0 Å². The van der Waals surface area contributed by atoms with Gasteiger partial charge in [0.2, 0.25) is 0 Å². The Labute approximate surface area is 228 Å². The number of carbonyl (C=O) groups is 2. The predicted molar refractivity (Wildman–Crippen MR) is 152 cm³/mol. The monoisotopic (exact) mass is 515 g/mol. The van der Waals surface area contributed by atoms with Crippen LogP contribution in [0.25, 0.3) is 5.76 Å². The molecular formula is C34H29NO4.